The number of nitrogens with zero attached hydrogens (tertiary/aromatic N) is 3. The first-order valence-corrected chi connectivity index (χ1v) is 6.96. The lowest BCUT2D eigenvalue weighted by molar-refractivity contribution is 0.238. The molecule has 2 aromatic rings. The predicted octanol–water partition coefficient (Wildman–Crippen LogP) is 1.15. The third-order valence-corrected chi connectivity index (χ3v) is 3.93. The standard InChI is InChI=1S/C15H18N4O2/c16-14(18-21)12-7-11-3-1-2-4-13(11)17-15(12)19-6-5-10(8-19)9-20/h1-4,7,10,20-21H,5-6,8-9H2,(H2,16,18). The number of hydrogen-bond acceptors (Lipinski definition) is 5. The smallest absolute Gasteiger partial charge is 0.173 e. The van der Waals surface area contributed by atoms with Crippen molar-refractivity contribution in [3.63, 3.8) is 0 Å². The van der Waals surface area contributed by atoms with E-state index in [2.05, 4.69) is 15.0 Å². The van der Waals surface area contributed by atoms with Gasteiger partial charge in [-0.1, -0.05) is 23.4 Å². The number of hydrogen-bond donors (Lipinski definition) is 3. The van der Waals surface area contributed by atoms with Crippen molar-refractivity contribution >= 4 is 22.6 Å². The Morgan fingerprint density at radius 3 is 2.95 bits per heavy atom. The van der Waals surface area contributed by atoms with Crippen LogP contribution in [0, 0.1) is 5.92 Å². The molecule has 0 bridgehead atoms. The highest BCUT2D eigenvalue weighted by molar-refractivity contribution is 6.04. The van der Waals surface area contributed by atoms with Crippen LogP contribution in [0.1, 0.15) is 12.0 Å². The van der Waals surface area contributed by atoms with E-state index in [-0.39, 0.29) is 18.4 Å². The summed E-state index contributed by atoms with van der Waals surface area (Å²) >= 11 is 0. The summed E-state index contributed by atoms with van der Waals surface area (Å²) in [4.78, 5) is 6.75. The Morgan fingerprint density at radius 1 is 1.43 bits per heavy atom. The second kappa shape index (κ2) is 5.57. The first-order chi connectivity index (χ1) is 10.2. The van der Waals surface area contributed by atoms with E-state index in [0.717, 1.165) is 30.4 Å². The molecule has 4 N–H and O–H groups in total. The minimum Gasteiger partial charge on any atom is -0.409 e. The van der Waals surface area contributed by atoms with E-state index in [1.54, 1.807) is 0 Å². The molecule has 6 nitrogen and oxygen atoms in total. The number of nitrogens with two attached hydrogens (primary N) is 1. The number of rotatable bonds is 3. The van der Waals surface area contributed by atoms with Gasteiger partial charge in [0.2, 0.25) is 0 Å². The van der Waals surface area contributed by atoms with Crippen LogP contribution in [0.3, 0.4) is 0 Å². The Hall–Kier alpha value is -2.34. The molecule has 0 spiro atoms. The van der Waals surface area contributed by atoms with Crippen molar-refractivity contribution in [2.45, 2.75) is 6.42 Å². The maximum absolute atomic E-state index is 9.29. The molecular formula is C15H18N4O2. The Kier molecular flexibility index (Phi) is 3.62. The van der Waals surface area contributed by atoms with Crippen LogP contribution < -0.4 is 10.6 Å². The average Bonchev–Trinajstić information content (AvgIpc) is 3.01. The first kappa shape index (κ1) is 13.6. The molecule has 1 unspecified atom stereocenters. The molecule has 1 atom stereocenters. The Bertz CT molecular complexity index is 686. The zero-order chi connectivity index (χ0) is 14.8. The lowest BCUT2D eigenvalue weighted by Crippen LogP contribution is -2.26. The third-order valence-electron chi connectivity index (χ3n) is 3.93. The molecule has 1 fully saturated rings. The van der Waals surface area contributed by atoms with Gasteiger partial charge in [0.05, 0.1) is 11.1 Å². The van der Waals surface area contributed by atoms with Crippen LogP contribution in [-0.4, -0.2) is 40.8 Å². The van der Waals surface area contributed by atoms with Crippen molar-refractivity contribution in [2.75, 3.05) is 24.6 Å². The lowest BCUT2D eigenvalue weighted by Gasteiger charge is -2.21. The summed E-state index contributed by atoms with van der Waals surface area (Å²) < 4.78 is 0. The number of fused-ring (bicyclic) bond motifs is 1. The number of amidine groups is 1. The zero-order valence-corrected chi connectivity index (χ0v) is 11.6. The van der Waals surface area contributed by atoms with Gasteiger partial charge in [-0.05, 0) is 18.6 Å². The molecule has 1 saturated heterocycles. The molecule has 0 radical (unpaired) electrons. The van der Waals surface area contributed by atoms with Crippen LogP contribution in [0.4, 0.5) is 5.82 Å². The van der Waals surface area contributed by atoms with E-state index in [0.29, 0.717) is 11.4 Å². The quantitative estimate of drug-likeness (QED) is 0.340. The molecule has 1 aliphatic heterocycles. The van der Waals surface area contributed by atoms with Gasteiger partial charge in [0, 0.05) is 31.0 Å². The minimum atomic E-state index is 0.0516. The summed E-state index contributed by atoms with van der Waals surface area (Å²) in [5, 5.41) is 22.4. The van der Waals surface area contributed by atoms with Gasteiger partial charge in [-0.15, -0.1) is 0 Å². The molecule has 0 saturated carbocycles. The summed E-state index contributed by atoms with van der Waals surface area (Å²) in [5.41, 5.74) is 7.29. The summed E-state index contributed by atoms with van der Waals surface area (Å²) in [7, 11) is 0. The normalized spacial score (nSPS) is 19.4. The molecular weight excluding hydrogens is 268 g/mol. The topological polar surface area (TPSA) is 95.0 Å². The van der Waals surface area contributed by atoms with Crippen LogP contribution >= 0.6 is 0 Å². The Balaban J connectivity index is 2.10. The van der Waals surface area contributed by atoms with Crippen LogP contribution in [0.2, 0.25) is 0 Å². The molecule has 6 heteroatoms. The minimum absolute atomic E-state index is 0.0516. The van der Waals surface area contributed by atoms with Gasteiger partial charge in [0.25, 0.3) is 0 Å². The molecule has 3 rings (SSSR count). The fourth-order valence-corrected chi connectivity index (χ4v) is 2.76. The van der Waals surface area contributed by atoms with Crippen LogP contribution in [-0.2, 0) is 0 Å². The lowest BCUT2D eigenvalue weighted by atomic mass is 10.1. The molecule has 0 aliphatic carbocycles. The fraction of sp³-hybridized carbons (Fsp3) is 0.333. The van der Waals surface area contributed by atoms with Crippen molar-refractivity contribution < 1.29 is 10.3 Å². The second-order valence-electron chi connectivity index (χ2n) is 5.32. The molecule has 1 aromatic carbocycles. The van der Waals surface area contributed by atoms with Crippen molar-refractivity contribution in [2.24, 2.45) is 16.8 Å². The van der Waals surface area contributed by atoms with Gasteiger partial charge in [-0.2, -0.15) is 0 Å². The predicted molar refractivity (Wildman–Crippen MR) is 81.7 cm³/mol. The van der Waals surface area contributed by atoms with E-state index in [1.807, 2.05) is 30.3 Å². The van der Waals surface area contributed by atoms with Gasteiger partial charge >= 0.3 is 0 Å². The molecule has 110 valence electrons. The highest BCUT2D eigenvalue weighted by Crippen LogP contribution is 2.28. The van der Waals surface area contributed by atoms with E-state index in [1.165, 1.54) is 0 Å². The Labute approximate surface area is 122 Å². The van der Waals surface area contributed by atoms with Gasteiger partial charge in [0.15, 0.2) is 5.84 Å². The number of para-hydroxylation sites is 1. The highest BCUT2D eigenvalue weighted by atomic mass is 16.4. The van der Waals surface area contributed by atoms with Crippen molar-refractivity contribution in [3.05, 3.63) is 35.9 Å². The number of benzene rings is 1. The highest BCUT2D eigenvalue weighted by Gasteiger charge is 2.26. The molecule has 1 aromatic heterocycles. The number of aliphatic hydroxyl groups is 1. The summed E-state index contributed by atoms with van der Waals surface area (Å²) in [6, 6.07) is 9.63. The van der Waals surface area contributed by atoms with Gasteiger partial charge in [-0.25, -0.2) is 4.98 Å². The number of oxime groups is 1. The zero-order valence-electron chi connectivity index (χ0n) is 11.6. The van der Waals surface area contributed by atoms with Crippen molar-refractivity contribution in [3.8, 4) is 0 Å². The monoisotopic (exact) mass is 286 g/mol. The second-order valence-corrected chi connectivity index (χ2v) is 5.32. The summed E-state index contributed by atoms with van der Waals surface area (Å²) in [6.07, 6.45) is 0.917. The van der Waals surface area contributed by atoms with Crippen LogP contribution in [0.15, 0.2) is 35.5 Å². The van der Waals surface area contributed by atoms with E-state index < -0.39 is 0 Å². The van der Waals surface area contributed by atoms with E-state index >= 15 is 0 Å². The number of aromatic nitrogens is 1. The van der Waals surface area contributed by atoms with Crippen molar-refractivity contribution in [1.29, 1.82) is 0 Å². The first-order valence-electron chi connectivity index (χ1n) is 6.96. The maximum Gasteiger partial charge on any atom is 0.173 e. The number of aliphatic hydroxyl groups excluding tert-OH is 1. The van der Waals surface area contributed by atoms with Gasteiger partial charge in [0.1, 0.15) is 5.82 Å². The van der Waals surface area contributed by atoms with Crippen LogP contribution in [0.25, 0.3) is 10.9 Å². The third kappa shape index (κ3) is 2.50. The maximum atomic E-state index is 9.29. The summed E-state index contributed by atoms with van der Waals surface area (Å²) in [6.45, 7) is 1.71. The van der Waals surface area contributed by atoms with Crippen molar-refractivity contribution in [1.82, 2.24) is 4.98 Å². The average molecular weight is 286 g/mol. The van der Waals surface area contributed by atoms with E-state index in [4.69, 9.17) is 10.9 Å². The Morgan fingerprint density at radius 2 is 2.24 bits per heavy atom. The van der Waals surface area contributed by atoms with Crippen LogP contribution in [0.5, 0.6) is 0 Å². The molecule has 0 amide bonds. The molecule has 1 aliphatic rings. The van der Waals surface area contributed by atoms with E-state index in [9.17, 15) is 5.11 Å². The number of anilines is 1. The largest absolute Gasteiger partial charge is 0.409 e. The van der Waals surface area contributed by atoms with Gasteiger partial charge < -0.3 is 20.9 Å². The number of pyridine rings is 1. The summed E-state index contributed by atoms with van der Waals surface area (Å²) in [5.74, 6) is 1.01. The molecule has 2 heterocycles. The van der Waals surface area contributed by atoms with Gasteiger partial charge in [-0.3, -0.25) is 0 Å². The fourth-order valence-electron chi connectivity index (χ4n) is 2.76. The molecule has 21 heavy (non-hydrogen) atoms. The SMILES string of the molecule is N/C(=N/O)c1cc2ccccc2nc1N1CCC(CO)C1.